The second-order valence-electron chi connectivity index (χ2n) is 10.9. The summed E-state index contributed by atoms with van der Waals surface area (Å²) in [7, 11) is 1.65. The van der Waals surface area contributed by atoms with Gasteiger partial charge in [0.25, 0.3) is 0 Å². The molecule has 3 aromatic rings. The fourth-order valence-electron chi connectivity index (χ4n) is 5.05. The number of hydrogen-bond donors (Lipinski definition) is 1. The predicted molar refractivity (Wildman–Crippen MR) is 171 cm³/mol. The number of benzene rings is 2. The molecule has 41 heavy (non-hydrogen) atoms. The zero-order valence-corrected chi connectivity index (χ0v) is 25.3. The smallest absolute Gasteiger partial charge is 0.240 e. The predicted octanol–water partition coefficient (Wildman–Crippen LogP) is 9.26. The third-order valence-electron chi connectivity index (χ3n) is 7.53. The van der Waals surface area contributed by atoms with E-state index >= 15 is 0 Å². The van der Waals surface area contributed by atoms with E-state index in [0.29, 0.717) is 6.42 Å². The summed E-state index contributed by atoms with van der Waals surface area (Å²) in [5.74, 6) is 0.745. The molecule has 0 aliphatic carbocycles. The number of methoxy groups -OCH3 is 1. The number of hydrogen-bond acceptors (Lipinski definition) is 4. The van der Waals surface area contributed by atoms with Gasteiger partial charge in [0.1, 0.15) is 11.4 Å². The molecule has 0 atom stereocenters. The van der Waals surface area contributed by atoms with E-state index in [2.05, 4.69) is 17.5 Å². The van der Waals surface area contributed by atoms with Gasteiger partial charge in [-0.1, -0.05) is 115 Å². The van der Waals surface area contributed by atoms with E-state index < -0.39 is 0 Å². The van der Waals surface area contributed by atoms with Crippen LogP contribution in [-0.4, -0.2) is 29.0 Å². The van der Waals surface area contributed by atoms with Crippen LogP contribution in [0.2, 0.25) is 0 Å². The first-order valence-corrected chi connectivity index (χ1v) is 15.8. The van der Waals surface area contributed by atoms with Crippen molar-refractivity contribution in [3.8, 4) is 22.7 Å². The topological polar surface area (TPSA) is 68.5 Å². The first kappa shape index (κ1) is 32.1. The van der Waals surface area contributed by atoms with Crippen molar-refractivity contribution in [1.82, 2.24) is 15.2 Å². The quantitative estimate of drug-likeness (QED) is 0.0805. The lowest BCUT2D eigenvalue weighted by atomic mass is 10.0. The molecule has 0 unspecified atom stereocenters. The summed E-state index contributed by atoms with van der Waals surface area (Å²) in [6.07, 6.45) is 23.8. The van der Waals surface area contributed by atoms with E-state index in [4.69, 9.17) is 9.84 Å². The van der Waals surface area contributed by atoms with E-state index in [1.807, 2.05) is 65.5 Å². The lowest BCUT2D eigenvalue weighted by molar-refractivity contribution is -0.121. The molecule has 1 heterocycles. The monoisotopic (exact) mass is 558 g/mol. The fourth-order valence-corrected chi connectivity index (χ4v) is 5.05. The minimum atomic E-state index is -0.0441. The lowest BCUT2D eigenvalue weighted by Gasteiger charge is -2.04. The number of para-hydroxylation sites is 1. The third-order valence-corrected chi connectivity index (χ3v) is 7.53. The number of carbonyl (C=O) groups excluding carboxylic acids is 1. The van der Waals surface area contributed by atoms with Crippen molar-refractivity contribution in [2.45, 2.75) is 110 Å². The molecule has 0 saturated carbocycles. The molecule has 2 aromatic carbocycles. The SMILES string of the molecule is CCCCCCCCCCCCCCCCCC(=O)N/N=C\c1cn(-c2ccccc2)nc1-c1ccc(OC)cc1. The van der Waals surface area contributed by atoms with E-state index in [1.54, 1.807) is 13.3 Å². The number of ether oxygens (including phenoxy) is 1. The highest BCUT2D eigenvalue weighted by Gasteiger charge is 2.12. The van der Waals surface area contributed by atoms with Crippen LogP contribution in [0.3, 0.4) is 0 Å². The molecule has 222 valence electrons. The Morgan fingerprint density at radius 2 is 1.37 bits per heavy atom. The molecule has 6 nitrogen and oxygen atoms in total. The Bertz CT molecular complexity index is 1140. The minimum absolute atomic E-state index is 0.0441. The van der Waals surface area contributed by atoms with Gasteiger partial charge in [0.2, 0.25) is 5.91 Å². The summed E-state index contributed by atoms with van der Waals surface area (Å²) in [5.41, 5.74) is 6.22. The number of rotatable bonds is 21. The second kappa shape index (κ2) is 19.6. The van der Waals surface area contributed by atoms with E-state index in [1.165, 1.54) is 83.5 Å². The maximum absolute atomic E-state index is 12.4. The van der Waals surface area contributed by atoms with Crippen LogP contribution in [0.4, 0.5) is 0 Å². The Balaban J connectivity index is 1.33. The molecule has 0 fully saturated rings. The minimum Gasteiger partial charge on any atom is -0.497 e. The van der Waals surface area contributed by atoms with E-state index in [-0.39, 0.29) is 5.91 Å². The van der Waals surface area contributed by atoms with Gasteiger partial charge in [0.05, 0.1) is 19.0 Å². The molecular formula is C35H50N4O2. The molecule has 0 saturated heterocycles. The zero-order chi connectivity index (χ0) is 29.0. The molecule has 1 amide bonds. The summed E-state index contributed by atoms with van der Waals surface area (Å²) in [6.45, 7) is 2.28. The molecule has 1 aromatic heterocycles. The Hall–Kier alpha value is -3.41. The van der Waals surface area contributed by atoms with Crippen molar-refractivity contribution < 1.29 is 9.53 Å². The highest BCUT2D eigenvalue weighted by Crippen LogP contribution is 2.25. The average molecular weight is 559 g/mol. The van der Waals surface area contributed by atoms with Gasteiger partial charge in [-0.25, -0.2) is 10.1 Å². The molecule has 0 aliphatic heterocycles. The zero-order valence-electron chi connectivity index (χ0n) is 25.3. The molecule has 0 bridgehead atoms. The van der Waals surface area contributed by atoms with Gasteiger partial charge in [-0.05, 0) is 42.8 Å². The molecular weight excluding hydrogens is 508 g/mol. The van der Waals surface area contributed by atoms with Crippen molar-refractivity contribution in [3.05, 3.63) is 66.4 Å². The maximum Gasteiger partial charge on any atom is 0.240 e. The fraction of sp³-hybridized carbons (Fsp3) is 0.514. The lowest BCUT2D eigenvalue weighted by Crippen LogP contribution is -2.16. The van der Waals surface area contributed by atoms with Gasteiger partial charge in [0.15, 0.2) is 0 Å². The normalized spacial score (nSPS) is 11.3. The van der Waals surface area contributed by atoms with Gasteiger partial charge in [-0.15, -0.1) is 0 Å². The maximum atomic E-state index is 12.4. The first-order chi connectivity index (χ1) is 20.2. The molecule has 0 radical (unpaired) electrons. The number of carbonyl (C=O) groups is 1. The number of aromatic nitrogens is 2. The number of nitrogens with zero attached hydrogens (tertiary/aromatic N) is 3. The molecule has 0 aliphatic rings. The summed E-state index contributed by atoms with van der Waals surface area (Å²) in [4.78, 5) is 12.4. The molecule has 1 N–H and O–H groups in total. The summed E-state index contributed by atoms with van der Waals surface area (Å²) in [6, 6.07) is 17.7. The standard InChI is InChI=1S/C35H50N4O2/c1-3-4-5-6-7-8-9-10-11-12-13-14-15-16-20-23-34(40)37-36-28-31-29-39(32-21-18-17-19-22-32)38-35(31)30-24-26-33(41-2)27-25-30/h17-19,21-22,24-29H,3-16,20,23H2,1-2H3,(H,37,40)/b36-28-. The van der Waals surface area contributed by atoms with E-state index in [9.17, 15) is 4.79 Å². The Morgan fingerprint density at radius 1 is 0.805 bits per heavy atom. The highest BCUT2D eigenvalue weighted by molar-refractivity contribution is 5.89. The first-order valence-electron chi connectivity index (χ1n) is 15.8. The number of amides is 1. The van der Waals surface area contributed by atoms with Crippen LogP contribution in [0.1, 0.15) is 115 Å². The molecule has 0 spiro atoms. The Morgan fingerprint density at radius 3 is 1.93 bits per heavy atom. The molecule has 6 heteroatoms. The number of nitrogens with one attached hydrogen (secondary N) is 1. The van der Waals surface area contributed by atoms with Crippen LogP contribution in [0, 0.1) is 0 Å². The van der Waals surface area contributed by atoms with Gasteiger partial charge < -0.3 is 4.74 Å². The summed E-state index contributed by atoms with van der Waals surface area (Å²) >= 11 is 0. The van der Waals surface area contributed by atoms with Crippen LogP contribution in [0.5, 0.6) is 5.75 Å². The Kier molecular flexibility index (Phi) is 15.4. The van der Waals surface area contributed by atoms with Crippen LogP contribution < -0.4 is 10.2 Å². The highest BCUT2D eigenvalue weighted by atomic mass is 16.5. The van der Waals surface area contributed by atoms with Gasteiger partial charge in [0, 0.05) is 23.7 Å². The largest absolute Gasteiger partial charge is 0.497 e. The third kappa shape index (κ3) is 12.3. The van der Waals surface area contributed by atoms with Crippen LogP contribution in [0.25, 0.3) is 16.9 Å². The van der Waals surface area contributed by atoms with Crippen LogP contribution in [-0.2, 0) is 4.79 Å². The number of hydrazone groups is 1. The van der Waals surface area contributed by atoms with Gasteiger partial charge in [-0.2, -0.15) is 10.2 Å². The average Bonchev–Trinajstić information content (AvgIpc) is 3.43. The summed E-state index contributed by atoms with van der Waals surface area (Å²) in [5, 5.41) is 9.05. The van der Waals surface area contributed by atoms with Crippen molar-refractivity contribution in [1.29, 1.82) is 0 Å². The summed E-state index contributed by atoms with van der Waals surface area (Å²) < 4.78 is 7.13. The Labute approximate surface area is 247 Å². The second-order valence-corrected chi connectivity index (χ2v) is 10.9. The number of unbranched alkanes of at least 4 members (excludes halogenated alkanes) is 14. The van der Waals surface area contributed by atoms with Crippen molar-refractivity contribution in [3.63, 3.8) is 0 Å². The van der Waals surface area contributed by atoms with Crippen LogP contribution >= 0.6 is 0 Å². The van der Waals surface area contributed by atoms with E-state index in [0.717, 1.165) is 41.1 Å². The van der Waals surface area contributed by atoms with Crippen LogP contribution in [0.15, 0.2) is 65.9 Å². The van der Waals surface area contributed by atoms with Gasteiger partial charge >= 0.3 is 0 Å². The van der Waals surface area contributed by atoms with Crippen molar-refractivity contribution >= 4 is 12.1 Å². The van der Waals surface area contributed by atoms with Gasteiger partial charge in [-0.3, -0.25) is 4.79 Å². The van der Waals surface area contributed by atoms with Crippen molar-refractivity contribution in [2.75, 3.05) is 7.11 Å². The molecule has 3 rings (SSSR count). The van der Waals surface area contributed by atoms with Crippen molar-refractivity contribution in [2.24, 2.45) is 5.10 Å².